The maximum Gasteiger partial charge on any atom is 0.311 e. The van der Waals surface area contributed by atoms with Crippen molar-refractivity contribution < 1.29 is 19.1 Å². The van der Waals surface area contributed by atoms with E-state index >= 15 is 0 Å². The number of carbonyl (C=O) groups is 1. The maximum atomic E-state index is 11.9. The highest BCUT2D eigenvalue weighted by atomic mass is 35.5. The number of halogens is 2. The molecule has 2 heterocycles. The summed E-state index contributed by atoms with van der Waals surface area (Å²) in [7, 11) is 0. The van der Waals surface area contributed by atoms with Crippen LogP contribution in [0.25, 0.3) is 11.0 Å². The SMILES string of the molecule is Cl.Cl.N=C(N)c1ccc2cc(CC(C(=O)O)c3ccc(O[C@H]4CCNC4)cc3)oc2c1. The molecule has 4 rings (SSSR count). The van der Waals surface area contributed by atoms with Gasteiger partial charge >= 0.3 is 5.97 Å². The fraction of sp³-hybridized carbons (Fsp3) is 0.273. The van der Waals surface area contributed by atoms with Crippen LogP contribution in [-0.2, 0) is 11.2 Å². The molecule has 2 atom stereocenters. The predicted octanol–water partition coefficient (Wildman–Crippen LogP) is 3.71. The number of hydrogen-bond acceptors (Lipinski definition) is 5. The van der Waals surface area contributed by atoms with Crippen molar-refractivity contribution in [1.29, 1.82) is 5.41 Å². The zero-order valence-corrected chi connectivity index (χ0v) is 18.3. The molecular formula is C22H25Cl2N3O4. The van der Waals surface area contributed by atoms with Crippen molar-refractivity contribution in [3.05, 3.63) is 65.4 Å². The van der Waals surface area contributed by atoms with Gasteiger partial charge in [0, 0.05) is 23.9 Å². The minimum Gasteiger partial charge on any atom is -0.489 e. The van der Waals surface area contributed by atoms with E-state index in [1.807, 2.05) is 24.3 Å². The third kappa shape index (κ3) is 5.70. The second kappa shape index (κ2) is 10.5. The summed E-state index contributed by atoms with van der Waals surface area (Å²) in [6, 6.07) is 14.3. The first-order valence-electron chi connectivity index (χ1n) is 9.56. The molecule has 0 aliphatic carbocycles. The zero-order chi connectivity index (χ0) is 20.4. The Kier molecular flexibility index (Phi) is 8.33. The van der Waals surface area contributed by atoms with E-state index in [2.05, 4.69) is 5.32 Å². The molecule has 1 saturated heterocycles. The monoisotopic (exact) mass is 465 g/mol. The molecule has 2 aromatic carbocycles. The van der Waals surface area contributed by atoms with Crippen LogP contribution in [0, 0.1) is 5.41 Å². The van der Waals surface area contributed by atoms with Gasteiger partial charge in [0.25, 0.3) is 0 Å². The molecule has 1 aliphatic rings. The number of nitrogens with one attached hydrogen (secondary N) is 2. The van der Waals surface area contributed by atoms with E-state index in [0.29, 0.717) is 22.5 Å². The van der Waals surface area contributed by atoms with Crippen molar-refractivity contribution in [3.8, 4) is 5.75 Å². The van der Waals surface area contributed by atoms with E-state index in [0.717, 1.165) is 30.6 Å². The van der Waals surface area contributed by atoms with Crippen LogP contribution in [0.4, 0.5) is 0 Å². The number of aliphatic carboxylic acids is 1. The fourth-order valence-electron chi connectivity index (χ4n) is 3.60. The van der Waals surface area contributed by atoms with Crippen molar-refractivity contribution in [3.63, 3.8) is 0 Å². The number of nitrogen functional groups attached to an aromatic ring is 1. The summed E-state index contributed by atoms with van der Waals surface area (Å²) in [5, 5.41) is 21.4. The molecule has 0 bridgehead atoms. The summed E-state index contributed by atoms with van der Waals surface area (Å²) in [4.78, 5) is 11.9. The Morgan fingerprint density at radius 2 is 1.97 bits per heavy atom. The number of ether oxygens (including phenoxy) is 1. The average Bonchev–Trinajstić information content (AvgIpc) is 3.35. The van der Waals surface area contributed by atoms with Gasteiger partial charge in [-0.2, -0.15) is 0 Å². The number of amidine groups is 1. The number of rotatable bonds is 7. The van der Waals surface area contributed by atoms with Crippen LogP contribution in [0.3, 0.4) is 0 Å². The normalized spacial score (nSPS) is 16.2. The standard InChI is InChI=1S/C22H23N3O4.2ClH/c23-21(24)15-2-1-14-9-18(29-20(14)10-15)11-19(22(26)27)13-3-5-16(6-4-13)28-17-7-8-25-12-17;;/h1-6,9-10,17,19,25H,7-8,11-12H2,(H3,23,24)(H,26,27);2*1H/t17-,19?;;/m0../s1. The zero-order valence-electron chi connectivity index (χ0n) is 16.7. The Labute approximate surface area is 192 Å². The molecule has 0 amide bonds. The molecule has 0 spiro atoms. The van der Waals surface area contributed by atoms with Crippen molar-refractivity contribution >= 4 is 47.6 Å². The van der Waals surface area contributed by atoms with Crippen molar-refractivity contribution in [2.24, 2.45) is 5.73 Å². The van der Waals surface area contributed by atoms with E-state index in [4.69, 9.17) is 20.3 Å². The van der Waals surface area contributed by atoms with E-state index in [9.17, 15) is 9.90 Å². The topological polar surface area (TPSA) is 122 Å². The van der Waals surface area contributed by atoms with Gasteiger partial charge in [-0.15, -0.1) is 24.8 Å². The second-order valence-electron chi connectivity index (χ2n) is 7.28. The number of hydrogen-bond donors (Lipinski definition) is 4. The first kappa shape index (κ1) is 24.5. The third-order valence-electron chi connectivity index (χ3n) is 5.19. The summed E-state index contributed by atoms with van der Waals surface area (Å²) in [6.07, 6.45) is 1.36. The van der Waals surface area contributed by atoms with Crippen LogP contribution in [0.1, 0.15) is 29.2 Å². The molecule has 1 aliphatic heterocycles. The van der Waals surface area contributed by atoms with Crippen molar-refractivity contribution in [2.45, 2.75) is 24.9 Å². The maximum absolute atomic E-state index is 11.9. The van der Waals surface area contributed by atoms with Crippen LogP contribution >= 0.6 is 24.8 Å². The minimum atomic E-state index is -0.913. The quantitative estimate of drug-likeness (QED) is 0.311. The van der Waals surface area contributed by atoms with Gasteiger partial charge in [-0.1, -0.05) is 24.3 Å². The minimum absolute atomic E-state index is 0. The fourth-order valence-corrected chi connectivity index (χ4v) is 3.60. The summed E-state index contributed by atoms with van der Waals surface area (Å²) in [5.74, 6) is -0.366. The van der Waals surface area contributed by atoms with Gasteiger partial charge in [0.05, 0.1) is 5.92 Å². The van der Waals surface area contributed by atoms with Crippen LogP contribution in [0.15, 0.2) is 52.9 Å². The first-order valence-corrected chi connectivity index (χ1v) is 9.56. The largest absolute Gasteiger partial charge is 0.489 e. The van der Waals surface area contributed by atoms with Crippen molar-refractivity contribution in [1.82, 2.24) is 5.32 Å². The van der Waals surface area contributed by atoms with Gasteiger partial charge in [-0.3, -0.25) is 10.2 Å². The van der Waals surface area contributed by atoms with E-state index in [-0.39, 0.29) is 43.2 Å². The Morgan fingerprint density at radius 1 is 1.23 bits per heavy atom. The molecule has 9 heteroatoms. The van der Waals surface area contributed by atoms with Gasteiger partial charge in [-0.05, 0) is 42.8 Å². The van der Waals surface area contributed by atoms with Gasteiger partial charge in [0.1, 0.15) is 29.0 Å². The van der Waals surface area contributed by atoms with E-state index < -0.39 is 11.9 Å². The number of benzene rings is 2. The lowest BCUT2D eigenvalue weighted by Crippen LogP contribution is -2.19. The van der Waals surface area contributed by atoms with Gasteiger partial charge in [0.15, 0.2) is 0 Å². The van der Waals surface area contributed by atoms with Crippen LogP contribution < -0.4 is 15.8 Å². The summed E-state index contributed by atoms with van der Waals surface area (Å²) in [5.41, 5.74) is 7.37. The second-order valence-corrected chi connectivity index (χ2v) is 7.28. The van der Waals surface area contributed by atoms with Crippen LogP contribution in [0.2, 0.25) is 0 Å². The lowest BCUT2D eigenvalue weighted by Gasteiger charge is -2.15. The molecule has 1 unspecified atom stereocenters. The molecule has 1 aromatic heterocycles. The van der Waals surface area contributed by atoms with Crippen LogP contribution in [-0.4, -0.2) is 36.1 Å². The molecule has 5 N–H and O–H groups in total. The molecule has 31 heavy (non-hydrogen) atoms. The Bertz CT molecular complexity index is 1050. The Balaban J connectivity index is 0.00000171. The Hall–Kier alpha value is -2.74. The molecule has 0 saturated carbocycles. The smallest absolute Gasteiger partial charge is 0.311 e. The third-order valence-corrected chi connectivity index (χ3v) is 5.19. The molecule has 3 aromatic rings. The van der Waals surface area contributed by atoms with Gasteiger partial charge in [-0.25, -0.2) is 0 Å². The Morgan fingerprint density at radius 3 is 2.58 bits per heavy atom. The van der Waals surface area contributed by atoms with Gasteiger partial charge < -0.3 is 25.3 Å². The number of carboxylic acids is 1. The summed E-state index contributed by atoms with van der Waals surface area (Å²) >= 11 is 0. The molecule has 1 fully saturated rings. The highest BCUT2D eigenvalue weighted by molar-refractivity contribution is 5.98. The number of furan rings is 1. The number of carboxylic acid groups (broad SMARTS) is 1. The van der Waals surface area contributed by atoms with Gasteiger partial charge in [0.2, 0.25) is 0 Å². The van der Waals surface area contributed by atoms with E-state index in [1.165, 1.54) is 0 Å². The van der Waals surface area contributed by atoms with Crippen molar-refractivity contribution in [2.75, 3.05) is 13.1 Å². The lowest BCUT2D eigenvalue weighted by molar-refractivity contribution is -0.138. The molecule has 166 valence electrons. The van der Waals surface area contributed by atoms with E-state index in [1.54, 1.807) is 24.3 Å². The van der Waals surface area contributed by atoms with Crippen LogP contribution in [0.5, 0.6) is 5.75 Å². The highest BCUT2D eigenvalue weighted by Gasteiger charge is 2.23. The highest BCUT2D eigenvalue weighted by Crippen LogP contribution is 2.28. The molecule has 0 radical (unpaired) electrons. The molecular weight excluding hydrogens is 441 g/mol. The molecule has 7 nitrogen and oxygen atoms in total. The summed E-state index contributed by atoms with van der Waals surface area (Å²) in [6.45, 7) is 1.78. The number of nitrogens with two attached hydrogens (primary N) is 1. The number of fused-ring (bicyclic) bond motifs is 1. The average molecular weight is 466 g/mol. The first-order chi connectivity index (χ1) is 14.0. The summed E-state index contributed by atoms with van der Waals surface area (Å²) < 4.78 is 11.7. The predicted molar refractivity (Wildman–Crippen MR) is 124 cm³/mol. The lowest BCUT2D eigenvalue weighted by atomic mass is 9.94.